The van der Waals surface area contributed by atoms with Crippen molar-refractivity contribution in [3.63, 3.8) is 0 Å². The Kier molecular flexibility index (Phi) is 5.24. The number of likely N-dealkylation sites (N-methyl/N-ethyl adjacent to an activating group) is 1. The molecule has 1 atom stereocenters. The van der Waals surface area contributed by atoms with E-state index in [1.165, 1.54) is 12.1 Å². The highest BCUT2D eigenvalue weighted by molar-refractivity contribution is 7.85. The minimum atomic E-state index is -4.27. The summed E-state index contributed by atoms with van der Waals surface area (Å²) in [7, 11) is -0.121. The van der Waals surface area contributed by atoms with Gasteiger partial charge in [-0.15, -0.1) is 0 Å². The third-order valence-electron chi connectivity index (χ3n) is 2.97. The molecule has 1 aromatic carbocycles. The molecule has 110 valence electrons. The molecule has 6 heteroatoms. The largest absolute Gasteiger partial charge is 0.744 e. The van der Waals surface area contributed by atoms with Gasteiger partial charge in [0.15, 0.2) is 6.17 Å². The molecule has 1 aromatic rings. The van der Waals surface area contributed by atoms with Crippen LogP contribution in [-0.4, -0.2) is 37.7 Å². The molecule has 0 bridgehead atoms. The number of hydrogen-bond donors (Lipinski definition) is 1. The third-order valence-corrected chi connectivity index (χ3v) is 3.82. The van der Waals surface area contributed by atoms with Crippen LogP contribution in [0.3, 0.4) is 0 Å². The average Bonchev–Trinajstić information content (AvgIpc) is 2.33. The van der Waals surface area contributed by atoms with Crippen molar-refractivity contribution in [1.82, 2.24) is 0 Å². The lowest BCUT2D eigenvalue weighted by Crippen LogP contribution is -2.49. The summed E-state index contributed by atoms with van der Waals surface area (Å²) in [5.74, 6) is 0. The zero-order valence-corrected chi connectivity index (χ0v) is 12.7. The van der Waals surface area contributed by atoms with Gasteiger partial charge >= 0.3 is 0 Å². The molecular formula is C14H20N2O3S. The SMILES string of the molecule is C[N+]1(C)C=CC=CC1N.Cc1ccc(S(=O)(=O)[O-])cc1. The molecule has 0 spiro atoms. The maximum Gasteiger partial charge on any atom is 0.163 e. The molecule has 0 fully saturated rings. The highest BCUT2D eigenvalue weighted by Crippen LogP contribution is 2.09. The topological polar surface area (TPSA) is 83.2 Å². The Morgan fingerprint density at radius 1 is 1.15 bits per heavy atom. The van der Waals surface area contributed by atoms with Crippen molar-refractivity contribution in [2.75, 3.05) is 14.1 Å². The van der Waals surface area contributed by atoms with Crippen molar-refractivity contribution in [3.8, 4) is 0 Å². The summed E-state index contributed by atoms with van der Waals surface area (Å²) in [6.45, 7) is 1.82. The Balaban J connectivity index is 0.000000204. The molecular weight excluding hydrogens is 276 g/mol. The Bertz CT molecular complexity index is 602. The number of hydrogen-bond acceptors (Lipinski definition) is 4. The maximum absolute atomic E-state index is 10.4. The van der Waals surface area contributed by atoms with Crippen molar-refractivity contribution < 1.29 is 17.5 Å². The summed E-state index contributed by atoms with van der Waals surface area (Å²) in [6, 6.07) is 5.78. The maximum atomic E-state index is 10.4. The number of nitrogens with zero attached hydrogens (tertiary/aromatic N) is 1. The minimum Gasteiger partial charge on any atom is -0.744 e. The van der Waals surface area contributed by atoms with Crippen LogP contribution in [-0.2, 0) is 10.1 Å². The zero-order valence-electron chi connectivity index (χ0n) is 11.9. The van der Waals surface area contributed by atoms with Gasteiger partial charge in [-0.1, -0.05) is 23.8 Å². The molecule has 0 aliphatic carbocycles. The normalized spacial score (nSPS) is 20.1. The quantitative estimate of drug-likeness (QED) is 0.626. The fourth-order valence-electron chi connectivity index (χ4n) is 1.48. The van der Waals surface area contributed by atoms with Crippen LogP contribution in [0.2, 0.25) is 0 Å². The first-order chi connectivity index (χ1) is 9.13. The lowest BCUT2D eigenvalue weighted by molar-refractivity contribution is -0.858. The van der Waals surface area contributed by atoms with Crippen molar-refractivity contribution in [2.45, 2.75) is 18.0 Å². The van der Waals surface area contributed by atoms with Crippen molar-refractivity contribution in [1.29, 1.82) is 0 Å². The van der Waals surface area contributed by atoms with Crippen LogP contribution < -0.4 is 5.73 Å². The van der Waals surface area contributed by atoms with E-state index in [0.29, 0.717) is 0 Å². The van der Waals surface area contributed by atoms with E-state index in [2.05, 4.69) is 20.3 Å². The second kappa shape index (κ2) is 6.32. The Labute approximate surface area is 120 Å². The number of quaternary nitrogens is 1. The molecule has 0 saturated carbocycles. The minimum absolute atomic E-state index is 0.120. The second-order valence-corrected chi connectivity index (χ2v) is 6.49. The van der Waals surface area contributed by atoms with Gasteiger partial charge in [-0.25, -0.2) is 8.42 Å². The summed E-state index contributed by atoms with van der Waals surface area (Å²) in [6.07, 6.45) is 8.19. The van der Waals surface area contributed by atoms with Gasteiger partial charge in [-0.3, -0.25) is 10.2 Å². The standard InChI is InChI=1S/C7H13N2.C7H8O3S/c1-9(2)6-4-3-5-7(9)8;1-6-2-4-7(5-3-6)11(8,9)10/h3-7H,8H2,1-2H3;2-5H,1H3,(H,8,9,10)/q+1;/p-1. The van der Waals surface area contributed by atoms with Gasteiger partial charge < -0.3 is 4.55 Å². The zero-order chi connectivity index (χ0) is 15.4. The van der Waals surface area contributed by atoms with E-state index in [0.717, 1.165) is 10.0 Å². The molecule has 0 radical (unpaired) electrons. The number of aryl methyl sites for hydroxylation is 1. The van der Waals surface area contributed by atoms with E-state index in [-0.39, 0.29) is 11.1 Å². The Morgan fingerprint density at radius 3 is 2.05 bits per heavy atom. The smallest absolute Gasteiger partial charge is 0.163 e. The highest BCUT2D eigenvalue weighted by Gasteiger charge is 2.20. The third kappa shape index (κ3) is 4.90. The predicted molar refractivity (Wildman–Crippen MR) is 77.5 cm³/mol. The van der Waals surface area contributed by atoms with Gasteiger partial charge in [-0.05, 0) is 31.2 Å². The first kappa shape index (κ1) is 16.6. The predicted octanol–water partition coefficient (Wildman–Crippen LogP) is 1.33. The number of rotatable bonds is 1. The van der Waals surface area contributed by atoms with Crippen molar-refractivity contribution in [2.24, 2.45) is 5.73 Å². The van der Waals surface area contributed by atoms with Gasteiger partial charge in [0.2, 0.25) is 0 Å². The van der Waals surface area contributed by atoms with E-state index in [1.807, 2.05) is 25.2 Å². The molecule has 1 aliphatic heterocycles. The van der Waals surface area contributed by atoms with Crippen molar-refractivity contribution in [3.05, 3.63) is 54.3 Å². The highest BCUT2D eigenvalue weighted by atomic mass is 32.2. The molecule has 0 amide bonds. The lowest BCUT2D eigenvalue weighted by Gasteiger charge is -2.31. The van der Waals surface area contributed by atoms with E-state index < -0.39 is 10.1 Å². The van der Waals surface area contributed by atoms with Gasteiger partial charge in [-0.2, -0.15) is 0 Å². The summed E-state index contributed by atoms with van der Waals surface area (Å²) >= 11 is 0. The fourth-order valence-corrected chi connectivity index (χ4v) is 1.95. The van der Waals surface area contributed by atoms with E-state index in [4.69, 9.17) is 5.73 Å². The first-order valence-electron chi connectivity index (χ1n) is 6.10. The summed E-state index contributed by atoms with van der Waals surface area (Å²) < 4.78 is 31.9. The molecule has 0 aromatic heterocycles. The van der Waals surface area contributed by atoms with Crippen molar-refractivity contribution >= 4 is 10.1 Å². The van der Waals surface area contributed by atoms with Crippen LogP contribution in [0.5, 0.6) is 0 Å². The summed E-state index contributed by atoms with van der Waals surface area (Å²) in [5, 5.41) is 0. The first-order valence-corrected chi connectivity index (χ1v) is 7.51. The van der Waals surface area contributed by atoms with Gasteiger partial charge in [0, 0.05) is 0 Å². The fraction of sp³-hybridized carbons (Fsp3) is 0.286. The van der Waals surface area contributed by atoms with Crippen LogP contribution in [0.1, 0.15) is 5.56 Å². The van der Waals surface area contributed by atoms with E-state index in [9.17, 15) is 13.0 Å². The summed E-state index contributed by atoms with van der Waals surface area (Å²) in [4.78, 5) is -0.178. The van der Waals surface area contributed by atoms with Gasteiger partial charge in [0.1, 0.15) is 10.1 Å². The Hall–Kier alpha value is -1.47. The lowest BCUT2D eigenvalue weighted by atomic mass is 10.2. The number of nitrogens with two attached hydrogens (primary N) is 1. The molecule has 2 N–H and O–H groups in total. The van der Waals surface area contributed by atoms with E-state index in [1.54, 1.807) is 12.1 Å². The Morgan fingerprint density at radius 2 is 1.70 bits per heavy atom. The van der Waals surface area contributed by atoms with E-state index >= 15 is 0 Å². The molecule has 5 nitrogen and oxygen atoms in total. The van der Waals surface area contributed by atoms with Crippen LogP contribution in [0.15, 0.2) is 53.6 Å². The molecule has 1 heterocycles. The molecule has 0 saturated heterocycles. The number of benzene rings is 1. The van der Waals surface area contributed by atoms with Gasteiger partial charge in [0.25, 0.3) is 0 Å². The molecule has 1 unspecified atom stereocenters. The molecule has 1 aliphatic rings. The molecule has 20 heavy (non-hydrogen) atoms. The summed E-state index contributed by atoms with van der Waals surface area (Å²) in [5.41, 5.74) is 6.67. The van der Waals surface area contributed by atoms with Gasteiger partial charge in [0.05, 0.1) is 25.2 Å². The van der Waals surface area contributed by atoms with Crippen LogP contribution in [0.25, 0.3) is 0 Å². The van der Waals surface area contributed by atoms with Crippen LogP contribution in [0.4, 0.5) is 0 Å². The second-order valence-electron chi connectivity index (χ2n) is 5.11. The monoisotopic (exact) mass is 296 g/mol. The molecule has 2 rings (SSSR count). The number of allylic oxidation sites excluding steroid dienone is 2. The average molecular weight is 296 g/mol. The van der Waals surface area contributed by atoms with Crippen LogP contribution in [0, 0.1) is 6.92 Å². The van der Waals surface area contributed by atoms with Crippen LogP contribution >= 0.6 is 0 Å².